The normalized spacial score (nSPS) is 16.7. The summed E-state index contributed by atoms with van der Waals surface area (Å²) in [6.45, 7) is 3.27. The van der Waals surface area contributed by atoms with Gasteiger partial charge < -0.3 is 15.0 Å². The van der Waals surface area contributed by atoms with Gasteiger partial charge in [0.25, 0.3) is 5.88 Å². The van der Waals surface area contributed by atoms with Crippen LogP contribution < -0.4 is 10.1 Å². The molecule has 1 aliphatic heterocycles. The Labute approximate surface area is 146 Å². The largest absolute Gasteiger partial charge is 0.470 e. The molecule has 1 aliphatic rings. The van der Waals surface area contributed by atoms with E-state index in [1.54, 1.807) is 4.90 Å². The van der Waals surface area contributed by atoms with E-state index >= 15 is 0 Å². The summed E-state index contributed by atoms with van der Waals surface area (Å²) < 4.78 is 19.8. The lowest BCUT2D eigenvalue weighted by Gasteiger charge is -2.18. The third-order valence-corrected chi connectivity index (χ3v) is 4.16. The highest BCUT2D eigenvalue weighted by Gasteiger charge is 2.28. The number of ether oxygens (including phenoxy) is 1. The third-order valence-electron chi connectivity index (χ3n) is 4.16. The Morgan fingerprint density at radius 2 is 2.16 bits per heavy atom. The molecule has 3 rings (SSSR count). The molecule has 1 aromatic carbocycles. The number of hydrogen-bond acceptors (Lipinski definition) is 4. The van der Waals surface area contributed by atoms with Gasteiger partial charge in [-0.05, 0) is 12.0 Å². The van der Waals surface area contributed by atoms with Gasteiger partial charge in [-0.1, -0.05) is 37.3 Å². The maximum Gasteiger partial charge on any atom is 0.317 e. The molecule has 25 heavy (non-hydrogen) atoms. The van der Waals surface area contributed by atoms with Gasteiger partial charge in [0, 0.05) is 19.5 Å². The second kappa shape index (κ2) is 7.92. The quantitative estimate of drug-likeness (QED) is 0.905. The molecule has 2 aromatic rings. The Bertz CT molecular complexity index is 726. The van der Waals surface area contributed by atoms with E-state index in [1.165, 1.54) is 6.33 Å². The Morgan fingerprint density at radius 3 is 2.92 bits per heavy atom. The topological polar surface area (TPSA) is 67.4 Å². The van der Waals surface area contributed by atoms with E-state index in [-0.39, 0.29) is 18.0 Å². The molecule has 1 N–H and O–H groups in total. The van der Waals surface area contributed by atoms with Crippen molar-refractivity contribution in [1.29, 1.82) is 0 Å². The molecule has 132 valence electrons. The van der Waals surface area contributed by atoms with Gasteiger partial charge in [0.05, 0.1) is 12.2 Å². The molecule has 1 atom stereocenters. The standard InChI is InChI=1S/C18H21FN4O2/c1-2-15-16(19)17(22-12-21-15)25-14-8-9-23(11-14)18(24)20-10-13-6-4-3-5-7-13/h3-7,12,14H,2,8-11H2,1H3,(H,20,24)/t14-/m1/s1. The fourth-order valence-electron chi connectivity index (χ4n) is 2.77. The van der Waals surface area contributed by atoms with Crippen molar-refractivity contribution in [1.82, 2.24) is 20.2 Å². The molecule has 7 heteroatoms. The van der Waals surface area contributed by atoms with Crippen molar-refractivity contribution in [2.75, 3.05) is 13.1 Å². The molecule has 2 amide bonds. The monoisotopic (exact) mass is 344 g/mol. The van der Waals surface area contributed by atoms with Gasteiger partial charge in [-0.2, -0.15) is 9.37 Å². The van der Waals surface area contributed by atoms with Crippen LogP contribution in [0.25, 0.3) is 0 Å². The molecule has 0 aliphatic carbocycles. The predicted molar refractivity (Wildman–Crippen MR) is 90.7 cm³/mol. The molecule has 0 radical (unpaired) electrons. The van der Waals surface area contributed by atoms with Gasteiger partial charge in [0.2, 0.25) is 5.82 Å². The zero-order valence-corrected chi connectivity index (χ0v) is 14.1. The van der Waals surface area contributed by atoms with Crippen LogP contribution >= 0.6 is 0 Å². The Morgan fingerprint density at radius 1 is 1.36 bits per heavy atom. The number of carbonyl (C=O) groups excluding carboxylic acids is 1. The molecule has 1 aromatic heterocycles. The van der Waals surface area contributed by atoms with E-state index in [1.807, 2.05) is 37.3 Å². The number of likely N-dealkylation sites (tertiary alicyclic amines) is 1. The van der Waals surface area contributed by atoms with Crippen LogP contribution in [0.3, 0.4) is 0 Å². The number of amides is 2. The van der Waals surface area contributed by atoms with Crippen molar-refractivity contribution in [2.24, 2.45) is 0 Å². The van der Waals surface area contributed by atoms with Crippen LogP contribution in [0.4, 0.5) is 9.18 Å². The van der Waals surface area contributed by atoms with Crippen molar-refractivity contribution >= 4 is 6.03 Å². The SMILES string of the molecule is CCc1ncnc(O[C@@H]2CCN(C(=O)NCc3ccccc3)C2)c1F. The number of carbonyl (C=O) groups is 1. The summed E-state index contributed by atoms with van der Waals surface area (Å²) in [6, 6.07) is 9.57. The maximum atomic E-state index is 14.1. The van der Waals surface area contributed by atoms with E-state index < -0.39 is 5.82 Å². The number of aromatic nitrogens is 2. The smallest absolute Gasteiger partial charge is 0.317 e. The van der Waals surface area contributed by atoms with Gasteiger partial charge in [0.15, 0.2) is 0 Å². The number of aryl methyl sites for hydroxylation is 1. The number of urea groups is 1. The molecule has 0 spiro atoms. The summed E-state index contributed by atoms with van der Waals surface area (Å²) in [5.74, 6) is -0.555. The lowest BCUT2D eigenvalue weighted by molar-refractivity contribution is 0.177. The molecule has 0 bridgehead atoms. The van der Waals surface area contributed by atoms with E-state index in [4.69, 9.17) is 4.74 Å². The summed E-state index contributed by atoms with van der Waals surface area (Å²) in [6.07, 6.45) is 2.15. The van der Waals surface area contributed by atoms with Gasteiger partial charge in [0.1, 0.15) is 12.4 Å². The first-order valence-electron chi connectivity index (χ1n) is 8.40. The summed E-state index contributed by atoms with van der Waals surface area (Å²) in [5.41, 5.74) is 1.37. The van der Waals surface area contributed by atoms with Gasteiger partial charge >= 0.3 is 6.03 Å². The van der Waals surface area contributed by atoms with Crippen LogP contribution in [-0.2, 0) is 13.0 Å². The Hall–Kier alpha value is -2.70. The van der Waals surface area contributed by atoms with E-state index in [0.29, 0.717) is 38.2 Å². The number of nitrogens with one attached hydrogen (secondary N) is 1. The maximum absolute atomic E-state index is 14.1. The number of hydrogen-bond donors (Lipinski definition) is 1. The van der Waals surface area contributed by atoms with Gasteiger partial charge in [-0.3, -0.25) is 0 Å². The second-order valence-corrected chi connectivity index (χ2v) is 5.91. The predicted octanol–water partition coefficient (Wildman–Crippen LogP) is 2.54. The zero-order chi connectivity index (χ0) is 17.6. The van der Waals surface area contributed by atoms with Gasteiger partial charge in [-0.15, -0.1) is 0 Å². The van der Waals surface area contributed by atoms with Crippen LogP contribution in [0, 0.1) is 5.82 Å². The van der Waals surface area contributed by atoms with Crippen molar-refractivity contribution in [3.63, 3.8) is 0 Å². The van der Waals surface area contributed by atoms with Crippen LogP contribution in [-0.4, -0.2) is 40.1 Å². The van der Waals surface area contributed by atoms with Crippen molar-refractivity contribution in [3.8, 4) is 5.88 Å². The summed E-state index contributed by atoms with van der Waals surface area (Å²) >= 11 is 0. The fourth-order valence-corrected chi connectivity index (χ4v) is 2.77. The molecule has 2 heterocycles. The van der Waals surface area contributed by atoms with Crippen LogP contribution in [0.2, 0.25) is 0 Å². The minimum atomic E-state index is -0.517. The second-order valence-electron chi connectivity index (χ2n) is 5.91. The lowest BCUT2D eigenvalue weighted by Crippen LogP contribution is -2.39. The fraction of sp³-hybridized carbons (Fsp3) is 0.389. The third kappa shape index (κ3) is 4.23. The summed E-state index contributed by atoms with van der Waals surface area (Å²) in [4.78, 5) is 21.7. The molecule has 6 nitrogen and oxygen atoms in total. The molecule has 1 fully saturated rings. The van der Waals surface area contributed by atoms with Crippen molar-refractivity contribution in [3.05, 3.63) is 53.7 Å². The Kier molecular flexibility index (Phi) is 5.42. The van der Waals surface area contributed by atoms with Gasteiger partial charge in [-0.25, -0.2) is 9.78 Å². The number of rotatable bonds is 5. The highest BCUT2D eigenvalue weighted by Crippen LogP contribution is 2.21. The van der Waals surface area contributed by atoms with E-state index in [0.717, 1.165) is 5.56 Å². The first-order chi connectivity index (χ1) is 12.2. The first-order valence-corrected chi connectivity index (χ1v) is 8.40. The Balaban J connectivity index is 1.52. The highest BCUT2D eigenvalue weighted by atomic mass is 19.1. The number of halogens is 1. The minimum absolute atomic E-state index is 0.0385. The summed E-state index contributed by atoms with van der Waals surface area (Å²) in [7, 11) is 0. The van der Waals surface area contributed by atoms with Crippen molar-refractivity contribution < 1.29 is 13.9 Å². The summed E-state index contributed by atoms with van der Waals surface area (Å²) in [5, 5.41) is 2.89. The number of benzene rings is 1. The van der Waals surface area contributed by atoms with Crippen LogP contribution in [0.1, 0.15) is 24.6 Å². The van der Waals surface area contributed by atoms with Crippen LogP contribution in [0.15, 0.2) is 36.7 Å². The molecular weight excluding hydrogens is 323 g/mol. The van der Waals surface area contributed by atoms with Crippen molar-refractivity contribution in [2.45, 2.75) is 32.4 Å². The number of nitrogens with zero attached hydrogens (tertiary/aromatic N) is 3. The average molecular weight is 344 g/mol. The first kappa shape index (κ1) is 17.1. The molecular formula is C18H21FN4O2. The van der Waals surface area contributed by atoms with E-state index in [2.05, 4.69) is 15.3 Å². The minimum Gasteiger partial charge on any atom is -0.470 e. The average Bonchev–Trinajstić information content (AvgIpc) is 3.11. The zero-order valence-electron chi connectivity index (χ0n) is 14.1. The van der Waals surface area contributed by atoms with Crippen LogP contribution in [0.5, 0.6) is 5.88 Å². The molecule has 0 saturated carbocycles. The molecule has 1 saturated heterocycles. The highest BCUT2D eigenvalue weighted by molar-refractivity contribution is 5.74. The van der Waals surface area contributed by atoms with E-state index in [9.17, 15) is 9.18 Å². The lowest BCUT2D eigenvalue weighted by atomic mass is 10.2. The molecule has 0 unspecified atom stereocenters.